The van der Waals surface area contributed by atoms with Crippen molar-refractivity contribution >= 4 is 17.7 Å². The highest BCUT2D eigenvalue weighted by Gasteiger charge is 2.19. The molecule has 1 aliphatic rings. The fraction of sp³-hybridized carbons (Fsp3) is 0.375. The molecule has 4 nitrogen and oxygen atoms in total. The van der Waals surface area contributed by atoms with Crippen LogP contribution in [0.3, 0.4) is 0 Å². The van der Waals surface area contributed by atoms with Crippen molar-refractivity contribution in [1.29, 1.82) is 0 Å². The van der Waals surface area contributed by atoms with Gasteiger partial charge in [0, 0.05) is 36.7 Å². The number of ether oxygens (including phenoxy) is 1. The van der Waals surface area contributed by atoms with Gasteiger partial charge in [0.05, 0.1) is 0 Å². The van der Waals surface area contributed by atoms with Crippen molar-refractivity contribution in [3.63, 3.8) is 0 Å². The van der Waals surface area contributed by atoms with Gasteiger partial charge in [-0.05, 0) is 18.2 Å². The van der Waals surface area contributed by atoms with Gasteiger partial charge in [-0.25, -0.2) is 4.98 Å². The molecule has 21 heavy (non-hydrogen) atoms. The van der Waals surface area contributed by atoms with E-state index in [4.69, 9.17) is 4.74 Å². The Labute approximate surface area is 129 Å². The highest BCUT2D eigenvalue weighted by atomic mass is 32.2. The maximum Gasteiger partial charge on any atom is 0.254 e. The van der Waals surface area contributed by atoms with Crippen molar-refractivity contribution in [1.82, 2.24) is 9.88 Å². The molecule has 0 bridgehead atoms. The van der Waals surface area contributed by atoms with Gasteiger partial charge in [0.2, 0.25) is 5.88 Å². The summed E-state index contributed by atoms with van der Waals surface area (Å²) in [5.41, 5.74) is 0.578. The number of hydrogen-bond acceptors (Lipinski definition) is 4. The molecule has 5 heteroatoms. The van der Waals surface area contributed by atoms with E-state index in [-0.39, 0.29) is 12.0 Å². The second kappa shape index (κ2) is 7.88. The third kappa shape index (κ3) is 4.36. The average Bonchev–Trinajstić information content (AvgIpc) is 2.99. The predicted molar refractivity (Wildman–Crippen MR) is 86.9 cm³/mol. The molecule has 0 aliphatic carbocycles. The molecule has 1 aliphatic heterocycles. The van der Waals surface area contributed by atoms with Crippen LogP contribution >= 0.6 is 11.8 Å². The second-order valence-electron chi connectivity index (χ2n) is 4.77. The monoisotopic (exact) mass is 304 g/mol. The number of amides is 1. The SMILES string of the molecule is C=CCN(CC=C)C(=O)c1ccnc(OC2CCSC2)c1. The molecule has 1 aromatic heterocycles. The number of pyridine rings is 1. The zero-order valence-corrected chi connectivity index (χ0v) is 12.8. The van der Waals surface area contributed by atoms with Gasteiger partial charge < -0.3 is 9.64 Å². The van der Waals surface area contributed by atoms with E-state index in [0.717, 1.165) is 17.9 Å². The van der Waals surface area contributed by atoms with Gasteiger partial charge in [-0.2, -0.15) is 11.8 Å². The predicted octanol–water partition coefficient (Wildman–Crippen LogP) is 2.78. The van der Waals surface area contributed by atoms with Crippen LogP contribution in [0.15, 0.2) is 43.6 Å². The van der Waals surface area contributed by atoms with Gasteiger partial charge in [0.15, 0.2) is 0 Å². The molecule has 0 saturated carbocycles. The normalized spacial score (nSPS) is 17.2. The van der Waals surface area contributed by atoms with Crippen molar-refractivity contribution in [3.05, 3.63) is 49.2 Å². The van der Waals surface area contributed by atoms with Gasteiger partial charge in [0.25, 0.3) is 5.91 Å². The van der Waals surface area contributed by atoms with Gasteiger partial charge >= 0.3 is 0 Å². The van der Waals surface area contributed by atoms with Crippen LogP contribution in [0.5, 0.6) is 5.88 Å². The van der Waals surface area contributed by atoms with E-state index in [1.807, 2.05) is 11.8 Å². The fourth-order valence-electron chi connectivity index (χ4n) is 2.12. The highest BCUT2D eigenvalue weighted by molar-refractivity contribution is 7.99. The summed E-state index contributed by atoms with van der Waals surface area (Å²) in [7, 11) is 0. The molecule has 0 spiro atoms. The third-order valence-corrected chi connectivity index (χ3v) is 4.28. The minimum Gasteiger partial charge on any atom is -0.473 e. The Morgan fingerprint density at radius 3 is 2.86 bits per heavy atom. The smallest absolute Gasteiger partial charge is 0.254 e. The van der Waals surface area contributed by atoms with Crippen LogP contribution in [0.4, 0.5) is 0 Å². The largest absolute Gasteiger partial charge is 0.473 e. The lowest BCUT2D eigenvalue weighted by atomic mass is 10.2. The number of carbonyl (C=O) groups is 1. The average molecular weight is 304 g/mol. The summed E-state index contributed by atoms with van der Waals surface area (Å²) in [5, 5.41) is 0. The number of rotatable bonds is 7. The number of carbonyl (C=O) groups excluding carboxylic acids is 1. The van der Waals surface area contributed by atoms with Crippen LogP contribution in [0.1, 0.15) is 16.8 Å². The van der Waals surface area contributed by atoms with Crippen LogP contribution in [0.2, 0.25) is 0 Å². The maximum atomic E-state index is 12.5. The number of thioether (sulfide) groups is 1. The van der Waals surface area contributed by atoms with E-state index in [1.165, 1.54) is 0 Å². The lowest BCUT2D eigenvalue weighted by Gasteiger charge is -2.19. The van der Waals surface area contributed by atoms with Crippen molar-refractivity contribution in [2.45, 2.75) is 12.5 Å². The Bertz CT molecular complexity index is 503. The first-order valence-electron chi connectivity index (χ1n) is 6.96. The number of nitrogens with zero attached hydrogens (tertiary/aromatic N) is 2. The summed E-state index contributed by atoms with van der Waals surface area (Å²) in [6, 6.07) is 3.42. The molecular formula is C16H20N2O2S. The lowest BCUT2D eigenvalue weighted by Crippen LogP contribution is -2.31. The second-order valence-corrected chi connectivity index (χ2v) is 5.92. The van der Waals surface area contributed by atoms with E-state index in [9.17, 15) is 4.79 Å². The van der Waals surface area contributed by atoms with Crippen molar-refractivity contribution in [2.24, 2.45) is 0 Å². The number of aromatic nitrogens is 1. The van der Waals surface area contributed by atoms with Crippen LogP contribution in [-0.2, 0) is 0 Å². The molecule has 0 radical (unpaired) electrons. The Morgan fingerprint density at radius 2 is 2.24 bits per heavy atom. The summed E-state index contributed by atoms with van der Waals surface area (Å²) in [4.78, 5) is 18.3. The van der Waals surface area contributed by atoms with Crippen molar-refractivity contribution < 1.29 is 9.53 Å². The Hall–Kier alpha value is -1.75. The molecule has 1 atom stereocenters. The maximum absolute atomic E-state index is 12.5. The minimum atomic E-state index is -0.0668. The first kappa shape index (κ1) is 15.6. The zero-order valence-electron chi connectivity index (χ0n) is 12.0. The Kier molecular flexibility index (Phi) is 5.87. The molecular weight excluding hydrogens is 284 g/mol. The van der Waals surface area contributed by atoms with E-state index >= 15 is 0 Å². The first-order valence-corrected chi connectivity index (χ1v) is 8.11. The van der Waals surface area contributed by atoms with Gasteiger partial charge in [-0.1, -0.05) is 12.2 Å². The minimum absolute atomic E-state index is 0.0668. The van der Waals surface area contributed by atoms with Gasteiger partial charge in [-0.15, -0.1) is 13.2 Å². The highest BCUT2D eigenvalue weighted by Crippen LogP contribution is 2.22. The topological polar surface area (TPSA) is 42.4 Å². The van der Waals surface area contributed by atoms with E-state index in [2.05, 4.69) is 18.1 Å². The molecule has 1 aromatic rings. The van der Waals surface area contributed by atoms with Crippen molar-refractivity contribution in [3.8, 4) is 5.88 Å². The molecule has 0 aromatic carbocycles. The van der Waals surface area contributed by atoms with Crippen LogP contribution < -0.4 is 4.74 Å². The number of hydrogen-bond donors (Lipinski definition) is 0. The Balaban J connectivity index is 2.09. The quantitative estimate of drug-likeness (QED) is 0.727. The Morgan fingerprint density at radius 1 is 1.48 bits per heavy atom. The van der Waals surface area contributed by atoms with Crippen molar-refractivity contribution in [2.75, 3.05) is 24.6 Å². The molecule has 2 rings (SSSR count). The molecule has 1 saturated heterocycles. The standard InChI is InChI=1S/C16H20N2O2S/c1-3-8-18(9-4-2)16(19)13-5-7-17-15(11-13)20-14-6-10-21-12-14/h3-5,7,11,14H,1-2,6,8-10,12H2. The zero-order chi connectivity index (χ0) is 15.1. The summed E-state index contributed by atoms with van der Waals surface area (Å²) >= 11 is 1.88. The van der Waals surface area contributed by atoms with Gasteiger partial charge in [-0.3, -0.25) is 4.79 Å². The fourth-order valence-corrected chi connectivity index (χ4v) is 3.21. The third-order valence-electron chi connectivity index (χ3n) is 3.14. The summed E-state index contributed by atoms with van der Waals surface area (Å²) in [6.07, 6.45) is 6.25. The summed E-state index contributed by atoms with van der Waals surface area (Å²) < 4.78 is 5.82. The first-order chi connectivity index (χ1) is 10.2. The van der Waals surface area contributed by atoms with Crippen LogP contribution in [0.25, 0.3) is 0 Å². The molecule has 1 amide bonds. The molecule has 2 heterocycles. The molecule has 1 fully saturated rings. The van der Waals surface area contributed by atoms with Crippen LogP contribution in [0, 0.1) is 0 Å². The van der Waals surface area contributed by atoms with Gasteiger partial charge in [0.1, 0.15) is 6.10 Å². The molecule has 0 N–H and O–H groups in total. The van der Waals surface area contributed by atoms with Crippen LogP contribution in [-0.4, -0.2) is 46.5 Å². The molecule has 112 valence electrons. The van der Waals surface area contributed by atoms with E-state index in [1.54, 1.807) is 35.4 Å². The summed E-state index contributed by atoms with van der Waals surface area (Å²) in [6.45, 7) is 8.33. The van der Waals surface area contributed by atoms with E-state index in [0.29, 0.717) is 24.5 Å². The van der Waals surface area contributed by atoms with E-state index < -0.39 is 0 Å². The lowest BCUT2D eigenvalue weighted by molar-refractivity contribution is 0.0789. The summed E-state index contributed by atoms with van der Waals surface area (Å²) in [5.74, 6) is 2.56. The molecule has 1 unspecified atom stereocenters.